The van der Waals surface area contributed by atoms with Crippen LogP contribution >= 0.6 is 0 Å². The zero-order valence-electron chi connectivity index (χ0n) is 17.7. The highest BCUT2D eigenvalue weighted by Gasteiger charge is 2.17. The molecule has 6 N–H and O–H groups in total. The fourth-order valence-electron chi connectivity index (χ4n) is 2.80. The second-order valence-electron chi connectivity index (χ2n) is 7.46. The largest absolute Gasteiger partial charge is 0.397 e. The van der Waals surface area contributed by atoms with Crippen molar-refractivity contribution in [2.24, 2.45) is 5.84 Å². The Morgan fingerprint density at radius 1 is 1.04 bits per heavy atom. The summed E-state index contributed by atoms with van der Waals surface area (Å²) in [6.45, 7) is 14.7. The number of anilines is 2. The van der Waals surface area contributed by atoms with Crippen molar-refractivity contribution in [3.05, 3.63) is 53.9 Å². The van der Waals surface area contributed by atoms with Gasteiger partial charge in [-0.15, -0.1) is 0 Å². The van der Waals surface area contributed by atoms with E-state index >= 15 is 0 Å². The molecule has 0 atom stereocenters. The number of hydrogen-bond acceptors (Lipinski definition) is 4. The summed E-state index contributed by atoms with van der Waals surface area (Å²) < 4.78 is 0. The highest BCUT2D eigenvalue weighted by molar-refractivity contribution is 5.78. The maximum absolute atomic E-state index is 5.94. The molecule has 0 bridgehead atoms. The number of para-hydroxylation sites is 2. The maximum Gasteiger partial charge on any atom is 0.0931 e. The first-order valence-corrected chi connectivity index (χ1v) is 9.53. The number of aromatic amines is 1. The number of fused-ring (bicyclic) bond motifs is 1. The van der Waals surface area contributed by atoms with Gasteiger partial charge in [-0.25, -0.2) is 4.98 Å². The lowest BCUT2D eigenvalue weighted by molar-refractivity contribution is 0.593. The van der Waals surface area contributed by atoms with Gasteiger partial charge in [0, 0.05) is 0 Å². The van der Waals surface area contributed by atoms with Crippen LogP contribution in [0.15, 0.2) is 42.7 Å². The lowest BCUT2D eigenvalue weighted by Crippen LogP contribution is -2.17. The molecule has 0 spiro atoms. The molecule has 0 fully saturated rings. The van der Waals surface area contributed by atoms with Crippen molar-refractivity contribution in [3.8, 4) is 0 Å². The Balaban J connectivity index is 0.000000248. The third-order valence-corrected chi connectivity index (χ3v) is 4.17. The number of H-pyrrole nitrogens is 1. The van der Waals surface area contributed by atoms with Gasteiger partial charge in [-0.1, -0.05) is 72.7 Å². The standard InChI is InChI=1S/C10H17N3.C10H12N2.C2H6/c1-10(2,3)7-5-4-6-8(13-12)9(7)11;1-7(2)8-4-3-5-9-10(8)12-6-11-9;1-2/h4-6,13H,11-12H2,1-3H3;3-7H,1-2H3,(H,11,12);1-2H3. The van der Waals surface area contributed by atoms with Crippen molar-refractivity contribution in [2.45, 2.75) is 59.8 Å². The molecule has 2 aromatic carbocycles. The van der Waals surface area contributed by atoms with Gasteiger partial charge < -0.3 is 16.1 Å². The number of hydrogen-bond donors (Lipinski definition) is 4. The molecule has 5 heteroatoms. The molecule has 0 aliphatic heterocycles. The van der Waals surface area contributed by atoms with Gasteiger partial charge in [0.05, 0.1) is 28.7 Å². The number of hydrazine groups is 1. The summed E-state index contributed by atoms with van der Waals surface area (Å²) in [6, 6.07) is 12.1. The molecule has 5 nitrogen and oxygen atoms in total. The van der Waals surface area contributed by atoms with Crippen LogP contribution in [-0.4, -0.2) is 9.97 Å². The second-order valence-corrected chi connectivity index (χ2v) is 7.46. The zero-order chi connectivity index (χ0) is 20.6. The van der Waals surface area contributed by atoms with Crippen molar-refractivity contribution < 1.29 is 0 Å². The topological polar surface area (TPSA) is 92.7 Å². The fraction of sp³-hybridized carbons (Fsp3) is 0.409. The van der Waals surface area contributed by atoms with Crippen molar-refractivity contribution >= 4 is 22.4 Å². The number of rotatable bonds is 2. The minimum atomic E-state index is 0.0525. The Morgan fingerprint density at radius 3 is 2.22 bits per heavy atom. The van der Waals surface area contributed by atoms with E-state index in [1.54, 1.807) is 6.33 Å². The summed E-state index contributed by atoms with van der Waals surface area (Å²) in [5.74, 6) is 5.87. The molecule has 0 saturated heterocycles. The summed E-state index contributed by atoms with van der Waals surface area (Å²) in [5.41, 5.74) is 14.7. The number of nitrogens with zero attached hydrogens (tertiary/aromatic N) is 1. The van der Waals surface area contributed by atoms with E-state index in [1.807, 2.05) is 38.1 Å². The average Bonchev–Trinajstić information content (AvgIpc) is 3.11. The summed E-state index contributed by atoms with van der Waals surface area (Å²) in [6.07, 6.45) is 1.75. The predicted molar refractivity (Wildman–Crippen MR) is 119 cm³/mol. The van der Waals surface area contributed by atoms with Crippen LogP contribution in [0.5, 0.6) is 0 Å². The number of nitrogen functional groups attached to an aromatic ring is 2. The quantitative estimate of drug-likeness (QED) is 0.270. The van der Waals surface area contributed by atoms with Crippen LogP contribution in [0.1, 0.15) is 65.5 Å². The van der Waals surface area contributed by atoms with Gasteiger partial charge in [0.1, 0.15) is 0 Å². The Morgan fingerprint density at radius 2 is 1.67 bits per heavy atom. The Labute approximate surface area is 163 Å². The van der Waals surface area contributed by atoms with E-state index in [9.17, 15) is 0 Å². The molecule has 148 valence electrons. The fourth-order valence-corrected chi connectivity index (χ4v) is 2.80. The minimum Gasteiger partial charge on any atom is -0.397 e. The van der Waals surface area contributed by atoms with Gasteiger partial charge in [-0.3, -0.25) is 5.84 Å². The first-order chi connectivity index (χ1) is 12.8. The predicted octanol–water partition coefficient (Wildman–Crippen LogP) is 5.56. The summed E-state index contributed by atoms with van der Waals surface area (Å²) in [5, 5.41) is 0. The van der Waals surface area contributed by atoms with Crippen LogP contribution in [0.25, 0.3) is 11.0 Å². The van der Waals surface area contributed by atoms with Crippen LogP contribution in [0.4, 0.5) is 11.4 Å². The van der Waals surface area contributed by atoms with Crippen LogP contribution < -0.4 is 17.0 Å². The van der Waals surface area contributed by atoms with E-state index in [2.05, 4.69) is 62.1 Å². The number of nitrogens with one attached hydrogen (secondary N) is 2. The molecule has 3 aromatic rings. The summed E-state index contributed by atoms with van der Waals surface area (Å²) in [7, 11) is 0. The number of aromatic nitrogens is 2. The normalized spacial score (nSPS) is 10.7. The van der Waals surface area contributed by atoms with Crippen molar-refractivity contribution in [2.75, 3.05) is 11.2 Å². The molecule has 1 heterocycles. The van der Waals surface area contributed by atoms with E-state index < -0.39 is 0 Å². The Hall–Kier alpha value is -2.53. The highest BCUT2D eigenvalue weighted by Crippen LogP contribution is 2.31. The van der Waals surface area contributed by atoms with E-state index in [0.717, 1.165) is 28.0 Å². The first-order valence-electron chi connectivity index (χ1n) is 9.53. The van der Waals surface area contributed by atoms with Crippen molar-refractivity contribution in [1.82, 2.24) is 9.97 Å². The molecule has 0 saturated carbocycles. The van der Waals surface area contributed by atoms with E-state index in [1.165, 1.54) is 5.56 Å². The summed E-state index contributed by atoms with van der Waals surface area (Å²) in [4.78, 5) is 7.39. The third kappa shape index (κ3) is 5.73. The molecule has 27 heavy (non-hydrogen) atoms. The second kappa shape index (κ2) is 9.97. The van der Waals surface area contributed by atoms with Crippen LogP contribution in [-0.2, 0) is 5.41 Å². The van der Waals surface area contributed by atoms with Gasteiger partial charge in [0.2, 0.25) is 0 Å². The molecule has 0 aliphatic rings. The molecular weight excluding hydrogens is 334 g/mol. The molecule has 0 unspecified atom stereocenters. The van der Waals surface area contributed by atoms with Crippen LogP contribution in [0.3, 0.4) is 0 Å². The SMILES string of the molecule is CC.CC(C)(C)c1cccc(NN)c1N.CC(C)c1cccc2[nH]cnc12. The van der Waals surface area contributed by atoms with Gasteiger partial charge in [-0.2, -0.15) is 0 Å². The van der Waals surface area contributed by atoms with Gasteiger partial charge in [-0.05, 0) is 34.6 Å². The zero-order valence-corrected chi connectivity index (χ0v) is 17.7. The number of nitrogens with two attached hydrogens (primary N) is 2. The Bertz CT molecular complexity index is 828. The molecule has 0 aliphatic carbocycles. The molecule has 0 radical (unpaired) electrons. The number of benzene rings is 2. The molecular formula is C22H35N5. The molecule has 3 rings (SSSR count). The maximum atomic E-state index is 5.94. The lowest BCUT2D eigenvalue weighted by atomic mass is 9.85. The van der Waals surface area contributed by atoms with E-state index in [4.69, 9.17) is 11.6 Å². The average molecular weight is 370 g/mol. The van der Waals surface area contributed by atoms with Gasteiger partial charge >= 0.3 is 0 Å². The van der Waals surface area contributed by atoms with Gasteiger partial charge in [0.15, 0.2) is 0 Å². The van der Waals surface area contributed by atoms with E-state index in [-0.39, 0.29) is 5.41 Å². The van der Waals surface area contributed by atoms with E-state index in [0.29, 0.717) is 5.92 Å². The molecule has 0 amide bonds. The first kappa shape index (κ1) is 22.5. The third-order valence-electron chi connectivity index (χ3n) is 4.17. The number of imidazole rings is 1. The lowest BCUT2D eigenvalue weighted by Gasteiger charge is -2.22. The monoisotopic (exact) mass is 369 g/mol. The smallest absolute Gasteiger partial charge is 0.0931 e. The van der Waals surface area contributed by atoms with Gasteiger partial charge in [0.25, 0.3) is 0 Å². The Kier molecular flexibility index (Phi) is 8.32. The minimum absolute atomic E-state index is 0.0525. The summed E-state index contributed by atoms with van der Waals surface area (Å²) >= 11 is 0. The van der Waals surface area contributed by atoms with Crippen LogP contribution in [0.2, 0.25) is 0 Å². The highest BCUT2D eigenvalue weighted by atomic mass is 15.2. The van der Waals surface area contributed by atoms with Crippen molar-refractivity contribution in [1.29, 1.82) is 0 Å². The van der Waals surface area contributed by atoms with Crippen LogP contribution in [0, 0.1) is 0 Å². The molecule has 1 aromatic heterocycles. The van der Waals surface area contributed by atoms with Crippen molar-refractivity contribution in [3.63, 3.8) is 0 Å².